The van der Waals surface area contributed by atoms with Gasteiger partial charge >= 0.3 is 0 Å². The van der Waals surface area contributed by atoms with E-state index in [4.69, 9.17) is 0 Å². The van der Waals surface area contributed by atoms with E-state index < -0.39 is 0 Å². The highest BCUT2D eigenvalue weighted by atomic mass is 19.1. The number of hydrogen-bond donors (Lipinski definition) is 0. The van der Waals surface area contributed by atoms with E-state index in [2.05, 4.69) is 24.9 Å². The lowest BCUT2D eigenvalue weighted by molar-refractivity contribution is 0.628. The SMILES string of the molecule is Fc1ccc(-c2nc(-c3ccccn3)ncc2-c2ccncn2)cc1. The molecule has 3 heterocycles. The van der Waals surface area contributed by atoms with Crippen molar-refractivity contribution in [1.82, 2.24) is 24.9 Å². The van der Waals surface area contributed by atoms with Gasteiger partial charge in [0.15, 0.2) is 5.82 Å². The van der Waals surface area contributed by atoms with Gasteiger partial charge in [-0.1, -0.05) is 6.07 Å². The van der Waals surface area contributed by atoms with Crippen molar-refractivity contribution in [2.75, 3.05) is 0 Å². The maximum atomic E-state index is 13.3. The summed E-state index contributed by atoms with van der Waals surface area (Å²) in [6.07, 6.45) is 6.52. The third kappa shape index (κ3) is 3.10. The van der Waals surface area contributed by atoms with Crippen LogP contribution in [-0.4, -0.2) is 24.9 Å². The van der Waals surface area contributed by atoms with Crippen molar-refractivity contribution < 1.29 is 4.39 Å². The Morgan fingerprint density at radius 2 is 1.64 bits per heavy atom. The van der Waals surface area contributed by atoms with E-state index in [1.165, 1.54) is 18.5 Å². The van der Waals surface area contributed by atoms with E-state index in [1.807, 2.05) is 18.2 Å². The van der Waals surface area contributed by atoms with Gasteiger partial charge in [0.25, 0.3) is 0 Å². The van der Waals surface area contributed by atoms with Gasteiger partial charge < -0.3 is 0 Å². The Bertz CT molecular complexity index is 989. The van der Waals surface area contributed by atoms with Crippen molar-refractivity contribution >= 4 is 0 Å². The summed E-state index contributed by atoms with van der Waals surface area (Å²) in [5.41, 5.74) is 3.54. The molecule has 0 saturated carbocycles. The minimum absolute atomic E-state index is 0.300. The Hall–Kier alpha value is -3.54. The lowest BCUT2D eigenvalue weighted by Crippen LogP contribution is -1.98. The molecule has 120 valence electrons. The highest BCUT2D eigenvalue weighted by Gasteiger charge is 2.14. The number of hydrogen-bond acceptors (Lipinski definition) is 5. The second-order valence-corrected chi connectivity index (χ2v) is 5.27. The van der Waals surface area contributed by atoms with Crippen LogP contribution in [0, 0.1) is 5.82 Å². The maximum absolute atomic E-state index is 13.3. The molecule has 0 saturated heterocycles. The second-order valence-electron chi connectivity index (χ2n) is 5.27. The van der Waals surface area contributed by atoms with Gasteiger partial charge in [0.2, 0.25) is 0 Å². The monoisotopic (exact) mass is 329 g/mol. The Morgan fingerprint density at radius 3 is 2.36 bits per heavy atom. The quantitative estimate of drug-likeness (QED) is 0.572. The van der Waals surface area contributed by atoms with Crippen molar-refractivity contribution in [2.45, 2.75) is 0 Å². The van der Waals surface area contributed by atoms with Gasteiger partial charge in [-0.2, -0.15) is 0 Å². The topological polar surface area (TPSA) is 64.5 Å². The normalized spacial score (nSPS) is 10.6. The van der Waals surface area contributed by atoms with Crippen LogP contribution < -0.4 is 0 Å². The lowest BCUT2D eigenvalue weighted by Gasteiger charge is -2.10. The zero-order chi connectivity index (χ0) is 17.1. The summed E-state index contributed by atoms with van der Waals surface area (Å²) in [6.45, 7) is 0. The third-order valence-corrected chi connectivity index (χ3v) is 3.66. The summed E-state index contributed by atoms with van der Waals surface area (Å²) < 4.78 is 13.3. The largest absolute Gasteiger partial charge is 0.253 e. The molecule has 0 aliphatic rings. The second kappa shape index (κ2) is 6.52. The molecular weight excluding hydrogens is 317 g/mol. The molecule has 6 heteroatoms. The van der Waals surface area contributed by atoms with E-state index >= 15 is 0 Å². The molecule has 0 amide bonds. The fourth-order valence-corrected chi connectivity index (χ4v) is 2.47. The van der Waals surface area contributed by atoms with Crippen molar-refractivity contribution in [1.29, 1.82) is 0 Å². The summed E-state index contributed by atoms with van der Waals surface area (Å²) in [5.74, 6) is 0.198. The summed E-state index contributed by atoms with van der Waals surface area (Å²) in [7, 11) is 0. The zero-order valence-corrected chi connectivity index (χ0v) is 13.0. The first kappa shape index (κ1) is 15.0. The highest BCUT2D eigenvalue weighted by Crippen LogP contribution is 2.30. The Labute approximate surface area is 143 Å². The third-order valence-electron chi connectivity index (χ3n) is 3.66. The number of aromatic nitrogens is 5. The highest BCUT2D eigenvalue weighted by molar-refractivity contribution is 5.79. The summed E-state index contributed by atoms with van der Waals surface area (Å²) >= 11 is 0. The molecule has 4 rings (SSSR count). The average molecular weight is 329 g/mol. The van der Waals surface area contributed by atoms with E-state index in [1.54, 1.807) is 36.8 Å². The van der Waals surface area contributed by atoms with Crippen LogP contribution in [0.1, 0.15) is 0 Å². The summed E-state index contributed by atoms with van der Waals surface area (Å²) in [5, 5.41) is 0. The van der Waals surface area contributed by atoms with Crippen LogP contribution in [0.3, 0.4) is 0 Å². The molecule has 0 bridgehead atoms. The predicted octanol–water partition coefficient (Wildman–Crippen LogP) is 3.80. The first-order valence-electron chi connectivity index (χ1n) is 7.62. The van der Waals surface area contributed by atoms with Crippen LogP contribution in [0.4, 0.5) is 4.39 Å². The molecule has 1 aromatic carbocycles. The van der Waals surface area contributed by atoms with E-state index in [-0.39, 0.29) is 5.82 Å². The smallest absolute Gasteiger partial charge is 0.178 e. The fraction of sp³-hybridized carbons (Fsp3) is 0. The van der Waals surface area contributed by atoms with Crippen LogP contribution >= 0.6 is 0 Å². The van der Waals surface area contributed by atoms with Gasteiger partial charge in [0.05, 0.1) is 11.4 Å². The molecule has 3 aromatic heterocycles. The molecule has 5 nitrogen and oxygen atoms in total. The molecule has 4 aromatic rings. The molecule has 0 unspecified atom stereocenters. The molecule has 0 atom stereocenters. The maximum Gasteiger partial charge on any atom is 0.178 e. The summed E-state index contributed by atoms with van der Waals surface area (Å²) in [4.78, 5) is 21.6. The van der Waals surface area contributed by atoms with Gasteiger partial charge in [-0.3, -0.25) is 4.98 Å². The van der Waals surface area contributed by atoms with Crippen LogP contribution in [0.5, 0.6) is 0 Å². The first-order valence-corrected chi connectivity index (χ1v) is 7.62. The van der Waals surface area contributed by atoms with Crippen LogP contribution in [-0.2, 0) is 0 Å². The molecular formula is C19H12FN5. The minimum Gasteiger partial charge on any atom is -0.253 e. The number of halogens is 1. The standard InChI is InChI=1S/C19H12FN5/c20-14-6-4-13(5-7-14)18-15(16-8-10-21-12-24-16)11-23-19(25-18)17-3-1-2-9-22-17/h1-12H. The van der Waals surface area contributed by atoms with Gasteiger partial charge in [0.1, 0.15) is 17.8 Å². The lowest BCUT2D eigenvalue weighted by atomic mass is 10.0. The van der Waals surface area contributed by atoms with Gasteiger partial charge in [-0.15, -0.1) is 0 Å². The van der Waals surface area contributed by atoms with E-state index in [9.17, 15) is 4.39 Å². The van der Waals surface area contributed by atoms with Crippen molar-refractivity contribution in [2.24, 2.45) is 0 Å². The minimum atomic E-state index is -0.300. The van der Waals surface area contributed by atoms with E-state index in [0.717, 1.165) is 11.1 Å². The number of pyridine rings is 1. The van der Waals surface area contributed by atoms with Gasteiger partial charge in [-0.25, -0.2) is 24.3 Å². The predicted molar refractivity (Wildman–Crippen MR) is 91.7 cm³/mol. The molecule has 0 spiro atoms. The van der Waals surface area contributed by atoms with E-state index in [0.29, 0.717) is 22.9 Å². The number of nitrogens with zero attached hydrogens (tertiary/aromatic N) is 5. The summed E-state index contributed by atoms with van der Waals surface area (Å²) in [6, 6.07) is 13.5. The van der Waals surface area contributed by atoms with Crippen molar-refractivity contribution in [3.63, 3.8) is 0 Å². The Balaban J connectivity index is 1.91. The molecule has 0 aliphatic carbocycles. The number of benzene rings is 1. The molecule has 0 fully saturated rings. The number of rotatable bonds is 3. The van der Waals surface area contributed by atoms with Gasteiger partial charge in [-0.05, 0) is 42.5 Å². The van der Waals surface area contributed by atoms with Crippen molar-refractivity contribution in [3.05, 3.63) is 79.3 Å². The first-order chi connectivity index (χ1) is 12.3. The Morgan fingerprint density at radius 1 is 0.760 bits per heavy atom. The molecule has 0 radical (unpaired) electrons. The van der Waals surface area contributed by atoms with Crippen LogP contribution in [0.15, 0.2) is 73.4 Å². The van der Waals surface area contributed by atoms with Crippen LogP contribution in [0.25, 0.3) is 34.0 Å². The Kier molecular flexibility index (Phi) is 3.92. The van der Waals surface area contributed by atoms with Gasteiger partial charge in [0, 0.05) is 29.7 Å². The van der Waals surface area contributed by atoms with Crippen LogP contribution in [0.2, 0.25) is 0 Å². The molecule has 25 heavy (non-hydrogen) atoms. The van der Waals surface area contributed by atoms with Crippen molar-refractivity contribution in [3.8, 4) is 34.0 Å². The molecule has 0 N–H and O–H groups in total. The molecule has 0 aliphatic heterocycles. The zero-order valence-electron chi connectivity index (χ0n) is 13.0. The fourth-order valence-electron chi connectivity index (χ4n) is 2.47. The average Bonchev–Trinajstić information content (AvgIpc) is 2.69.